The maximum absolute atomic E-state index is 12.1. The van der Waals surface area contributed by atoms with Crippen molar-refractivity contribution in [3.8, 4) is 0 Å². The summed E-state index contributed by atoms with van der Waals surface area (Å²) in [7, 11) is 0. The maximum atomic E-state index is 12.1. The second-order valence-electron chi connectivity index (χ2n) is 5.29. The number of aryl methyl sites for hydroxylation is 1. The van der Waals surface area contributed by atoms with Gasteiger partial charge in [0, 0.05) is 16.3 Å². The fraction of sp³-hybridized carbons (Fsp3) is 0.111. The van der Waals surface area contributed by atoms with Gasteiger partial charge in [0.25, 0.3) is 0 Å². The van der Waals surface area contributed by atoms with Crippen LogP contribution in [-0.4, -0.2) is 34.4 Å². The summed E-state index contributed by atoms with van der Waals surface area (Å²) in [4.78, 5) is 38.4. The lowest BCUT2D eigenvalue weighted by molar-refractivity contribution is -0.132. The first-order valence-electron chi connectivity index (χ1n) is 7.60. The molecule has 0 aliphatic carbocycles. The van der Waals surface area contributed by atoms with Crippen molar-refractivity contribution in [2.24, 2.45) is 0 Å². The molecule has 2 amide bonds. The molecule has 0 unspecified atom stereocenters. The van der Waals surface area contributed by atoms with Gasteiger partial charge in [0.1, 0.15) is 0 Å². The topological polar surface area (TPSA) is 112 Å². The number of thioether (sulfide) groups is 1. The summed E-state index contributed by atoms with van der Waals surface area (Å²) in [6, 6.07) is 14.3. The number of nitrogens with one attached hydrogen (secondary N) is 2. The zero-order valence-corrected chi connectivity index (χ0v) is 14.7. The summed E-state index contributed by atoms with van der Waals surface area (Å²) in [5, 5.41) is 5.09. The average molecular weight is 368 g/mol. The van der Waals surface area contributed by atoms with Crippen molar-refractivity contribution in [2.45, 2.75) is 11.8 Å². The Morgan fingerprint density at radius 1 is 1.08 bits per heavy atom. The predicted octanol–water partition coefficient (Wildman–Crippen LogP) is 2.53. The molecule has 8 heteroatoms. The van der Waals surface area contributed by atoms with Gasteiger partial charge in [-0.3, -0.25) is 14.4 Å². The minimum Gasteiger partial charge on any atom is -0.361 e. The number of amides is 2. The Morgan fingerprint density at radius 3 is 2.38 bits per heavy atom. The molecule has 7 nitrogen and oxygen atoms in total. The van der Waals surface area contributed by atoms with E-state index in [1.807, 2.05) is 31.2 Å². The molecule has 0 atom stereocenters. The van der Waals surface area contributed by atoms with Crippen LogP contribution in [0.4, 0.5) is 11.4 Å². The SMILES string of the molecule is Cc1ccc(SCC(=O)Nc2cccc(NC(=O)C(=O)C=[N+]=[N-])c2)cc1. The first-order chi connectivity index (χ1) is 12.5. The largest absolute Gasteiger partial charge is 0.361 e. The fourth-order valence-corrected chi connectivity index (χ4v) is 2.66. The van der Waals surface area contributed by atoms with Gasteiger partial charge in [0.2, 0.25) is 5.91 Å². The van der Waals surface area contributed by atoms with Crippen molar-refractivity contribution in [3.63, 3.8) is 0 Å². The number of ketones is 1. The smallest absolute Gasteiger partial charge is 0.333 e. The molecule has 26 heavy (non-hydrogen) atoms. The van der Waals surface area contributed by atoms with E-state index in [2.05, 4.69) is 15.4 Å². The minimum absolute atomic E-state index is 0.192. The standard InChI is InChI=1S/C18H16N4O3S/c1-12-5-7-15(8-6-12)26-11-17(24)21-13-3-2-4-14(9-13)22-18(25)16(23)10-20-19/h2-10H,11H2,1H3,(H,21,24)(H,22,25). The molecule has 0 aliphatic heterocycles. The van der Waals surface area contributed by atoms with Crippen molar-refractivity contribution in [1.82, 2.24) is 0 Å². The van der Waals surface area contributed by atoms with E-state index in [-0.39, 0.29) is 11.7 Å². The minimum atomic E-state index is -0.989. The first-order valence-corrected chi connectivity index (χ1v) is 8.58. The Morgan fingerprint density at radius 2 is 1.73 bits per heavy atom. The number of Topliss-reactive ketones (excluding diaryl/α,β-unsaturated/α-hetero) is 1. The van der Waals surface area contributed by atoms with Gasteiger partial charge in [-0.2, -0.15) is 4.79 Å². The molecule has 0 saturated heterocycles. The lowest BCUT2D eigenvalue weighted by Crippen LogP contribution is -2.24. The Balaban J connectivity index is 1.91. The Hall–Kier alpha value is -3.22. The molecule has 0 aliphatic rings. The van der Waals surface area contributed by atoms with E-state index in [0.717, 1.165) is 10.5 Å². The second kappa shape index (κ2) is 9.31. The van der Waals surface area contributed by atoms with E-state index in [4.69, 9.17) is 5.53 Å². The summed E-state index contributed by atoms with van der Waals surface area (Å²) in [5.41, 5.74) is 10.2. The summed E-state index contributed by atoms with van der Waals surface area (Å²) in [5.74, 6) is -1.88. The Labute approximate surface area is 154 Å². The molecule has 2 aromatic carbocycles. The number of rotatable bonds is 7. The number of carbonyl (C=O) groups is 3. The Kier molecular flexibility index (Phi) is 6.84. The molecular formula is C18H16N4O3S. The van der Waals surface area contributed by atoms with E-state index in [9.17, 15) is 14.4 Å². The molecule has 0 radical (unpaired) electrons. The van der Waals surface area contributed by atoms with Gasteiger partial charge in [-0.15, -0.1) is 11.8 Å². The van der Waals surface area contributed by atoms with Crippen LogP contribution in [0.5, 0.6) is 0 Å². The zero-order valence-electron chi connectivity index (χ0n) is 13.9. The molecule has 0 saturated carbocycles. The molecule has 132 valence electrons. The number of nitrogens with zero attached hydrogens (tertiary/aromatic N) is 2. The van der Waals surface area contributed by atoms with E-state index in [0.29, 0.717) is 17.6 Å². The van der Waals surface area contributed by atoms with Gasteiger partial charge in [0.15, 0.2) is 0 Å². The summed E-state index contributed by atoms with van der Waals surface area (Å²) >= 11 is 1.42. The summed E-state index contributed by atoms with van der Waals surface area (Å²) in [6.45, 7) is 2.00. The van der Waals surface area contributed by atoms with Crippen molar-refractivity contribution in [3.05, 3.63) is 59.6 Å². The number of anilines is 2. The normalized spacial score (nSPS) is 9.73. The quantitative estimate of drug-likeness (QED) is 0.257. The van der Waals surface area contributed by atoms with Crippen LogP contribution >= 0.6 is 11.8 Å². The van der Waals surface area contributed by atoms with Crippen LogP contribution in [-0.2, 0) is 14.4 Å². The number of hydrogen-bond donors (Lipinski definition) is 2. The lowest BCUT2D eigenvalue weighted by Gasteiger charge is -2.08. The van der Waals surface area contributed by atoms with E-state index < -0.39 is 11.7 Å². The molecule has 0 heterocycles. The highest BCUT2D eigenvalue weighted by Gasteiger charge is 2.15. The number of benzene rings is 2. The number of carbonyl (C=O) groups excluding carboxylic acids is 3. The Bertz CT molecular complexity index is 874. The van der Waals surface area contributed by atoms with Crippen LogP contribution in [0.25, 0.3) is 5.53 Å². The van der Waals surface area contributed by atoms with Crippen molar-refractivity contribution < 1.29 is 19.2 Å². The second-order valence-corrected chi connectivity index (χ2v) is 6.34. The summed E-state index contributed by atoms with van der Waals surface area (Å²) < 4.78 is 0. The third-order valence-corrected chi connectivity index (χ3v) is 4.21. The molecule has 2 aromatic rings. The zero-order chi connectivity index (χ0) is 18.9. The van der Waals surface area contributed by atoms with Crippen molar-refractivity contribution >= 4 is 46.9 Å². The molecule has 2 rings (SSSR count). The van der Waals surface area contributed by atoms with Crippen LogP contribution in [0.3, 0.4) is 0 Å². The molecule has 0 bridgehead atoms. The first kappa shape index (κ1) is 19.1. The van der Waals surface area contributed by atoms with E-state index in [1.165, 1.54) is 17.8 Å². The average Bonchev–Trinajstić information content (AvgIpc) is 2.61. The maximum Gasteiger partial charge on any atom is 0.333 e. The molecule has 0 spiro atoms. The highest BCUT2D eigenvalue weighted by atomic mass is 32.2. The van der Waals surface area contributed by atoms with Gasteiger partial charge in [-0.1, -0.05) is 23.8 Å². The van der Waals surface area contributed by atoms with E-state index >= 15 is 0 Å². The molecular weight excluding hydrogens is 352 g/mol. The highest BCUT2D eigenvalue weighted by molar-refractivity contribution is 8.00. The van der Waals surface area contributed by atoms with Crippen LogP contribution in [0.1, 0.15) is 5.56 Å². The lowest BCUT2D eigenvalue weighted by atomic mass is 10.2. The van der Waals surface area contributed by atoms with Gasteiger partial charge in [0.05, 0.1) is 5.75 Å². The molecule has 0 fully saturated rings. The van der Waals surface area contributed by atoms with Crippen LogP contribution in [0.2, 0.25) is 0 Å². The van der Waals surface area contributed by atoms with Gasteiger partial charge < -0.3 is 16.2 Å². The molecule has 2 N–H and O–H groups in total. The fourth-order valence-electron chi connectivity index (χ4n) is 1.96. The van der Waals surface area contributed by atoms with Gasteiger partial charge in [-0.05, 0) is 37.3 Å². The van der Waals surface area contributed by atoms with E-state index in [1.54, 1.807) is 18.2 Å². The predicted molar refractivity (Wildman–Crippen MR) is 100 cm³/mol. The van der Waals surface area contributed by atoms with Crippen molar-refractivity contribution in [2.75, 3.05) is 16.4 Å². The van der Waals surface area contributed by atoms with Crippen LogP contribution < -0.4 is 10.6 Å². The van der Waals surface area contributed by atoms with Gasteiger partial charge in [-0.25, -0.2) is 0 Å². The van der Waals surface area contributed by atoms with Crippen molar-refractivity contribution in [1.29, 1.82) is 0 Å². The molecule has 0 aromatic heterocycles. The van der Waals surface area contributed by atoms with Gasteiger partial charge >= 0.3 is 17.9 Å². The van der Waals surface area contributed by atoms with Crippen LogP contribution in [0.15, 0.2) is 53.4 Å². The monoisotopic (exact) mass is 368 g/mol. The summed E-state index contributed by atoms with van der Waals surface area (Å²) in [6.07, 6.45) is 0.503. The van der Waals surface area contributed by atoms with Crippen LogP contribution in [0, 0.1) is 6.92 Å². The third kappa shape index (κ3) is 6.01. The highest BCUT2D eigenvalue weighted by Crippen LogP contribution is 2.19. The third-order valence-electron chi connectivity index (χ3n) is 3.19. The number of hydrogen-bond acceptors (Lipinski definition) is 4.